The molecule has 1 fully saturated rings. The van der Waals surface area contributed by atoms with Crippen molar-refractivity contribution in [2.24, 2.45) is 11.3 Å². The monoisotopic (exact) mass is 241 g/mol. The van der Waals surface area contributed by atoms with Crippen molar-refractivity contribution < 1.29 is 9.53 Å². The molecular formula is C14H27NO2. The number of ether oxygens (including phenoxy) is 1. The molecule has 0 unspecified atom stereocenters. The van der Waals surface area contributed by atoms with Crippen LogP contribution < -0.4 is 0 Å². The minimum absolute atomic E-state index is 0.233. The van der Waals surface area contributed by atoms with E-state index in [2.05, 4.69) is 0 Å². The highest BCUT2D eigenvalue weighted by molar-refractivity contribution is 5.81. The van der Waals surface area contributed by atoms with Crippen LogP contribution in [0.1, 0.15) is 46.5 Å². The third-order valence-electron chi connectivity index (χ3n) is 3.50. The number of carbonyl (C=O) groups excluding carboxylic acids is 1. The van der Waals surface area contributed by atoms with Gasteiger partial charge in [0.25, 0.3) is 0 Å². The number of likely N-dealkylation sites (tertiary alicyclic amines) is 1. The summed E-state index contributed by atoms with van der Waals surface area (Å²) in [5.41, 5.74) is -0.233. The Hall–Kier alpha value is -0.570. The summed E-state index contributed by atoms with van der Waals surface area (Å²) in [7, 11) is 1.75. The molecule has 0 bridgehead atoms. The molecular weight excluding hydrogens is 214 g/mol. The lowest BCUT2D eigenvalue weighted by molar-refractivity contribution is -0.140. The van der Waals surface area contributed by atoms with Crippen LogP contribution in [0.15, 0.2) is 0 Å². The van der Waals surface area contributed by atoms with Gasteiger partial charge < -0.3 is 9.64 Å². The minimum atomic E-state index is -0.233. The van der Waals surface area contributed by atoms with Crippen LogP contribution in [0.4, 0.5) is 0 Å². The number of carbonyl (C=O) groups is 1. The molecule has 100 valence electrons. The molecule has 1 saturated heterocycles. The Balaban J connectivity index is 2.28. The molecule has 0 radical (unpaired) electrons. The summed E-state index contributed by atoms with van der Waals surface area (Å²) in [6, 6.07) is 0. The number of amides is 1. The normalized spacial score (nSPS) is 18.5. The van der Waals surface area contributed by atoms with Crippen molar-refractivity contribution in [3.8, 4) is 0 Å². The second-order valence-electron chi connectivity index (χ2n) is 6.12. The van der Waals surface area contributed by atoms with E-state index in [0.29, 0.717) is 5.91 Å². The number of piperidine rings is 1. The zero-order chi connectivity index (χ0) is 12.9. The molecule has 17 heavy (non-hydrogen) atoms. The van der Waals surface area contributed by atoms with Crippen molar-refractivity contribution >= 4 is 5.91 Å². The SMILES string of the molecule is COCCCC1CCN(C(=O)C(C)(C)C)CC1. The van der Waals surface area contributed by atoms with Gasteiger partial charge in [0.05, 0.1) is 0 Å². The molecule has 3 heteroatoms. The van der Waals surface area contributed by atoms with Gasteiger partial charge in [-0.05, 0) is 31.6 Å². The summed E-state index contributed by atoms with van der Waals surface area (Å²) in [5.74, 6) is 1.09. The Kier molecular flexibility index (Phi) is 5.44. The van der Waals surface area contributed by atoms with E-state index >= 15 is 0 Å². The van der Waals surface area contributed by atoms with E-state index in [0.717, 1.165) is 44.9 Å². The predicted molar refractivity (Wildman–Crippen MR) is 69.9 cm³/mol. The highest BCUT2D eigenvalue weighted by Gasteiger charge is 2.29. The summed E-state index contributed by atoms with van der Waals surface area (Å²) >= 11 is 0. The fourth-order valence-corrected chi connectivity index (χ4v) is 2.42. The smallest absolute Gasteiger partial charge is 0.227 e. The number of rotatable bonds is 4. The largest absolute Gasteiger partial charge is 0.385 e. The Morgan fingerprint density at radius 2 is 1.88 bits per heavy atom. The molecule has 0 aliphatic carbocycles. The number of nitrogens with zero attached hydrogens (tertiary/aromatic N) is 1. The molecule has 1 heterocycles. The molecule has 0 N–H and O–H groups in total. The molecule has 1 aliphatic heterocycles. The van der Waals surface area contributed by atoms with E-state index in [9.17, 15) is 4.79 Å². The lowest BCUT2D eigenvalue weighted by Crippen LogP contribution is -2.44. The van der Waals surface area contributed by atoms with Gasteiger partial charge in [-0.15, -0.1) is 0 Å². The number of hydrogen-bond acceptors (Lipinski definition) is 2. The van der Waals surface area contributed by atoms with Gasteiger partial charge in [-0.2, -0.15) is 0 Å². The summed E-state index contributed by atoms with van der Waals surface area (Å²) in [6.45, 7) is 8.74. The first kappa shape index (κ1) is 14.5. The Labute approximate surface area is 106 Å². The minimum Gasteiger partial charge on any atom is -0.385 e. The maximum absolute atomic E-state index is 12.1. The quantitative estimate of drug-likeness (QED) is 0.708. The molecule has 0 aromatic heterocycles. The zero-order valence-electron chi connectivity index (χ0n) is 11.8. The molecule has 0 atom stereocenters. The summed E-state index contributed by atoms with van der Waals surface area (Å²) in [5, 5.41) is 0. The van der Waals surface area contributed by atoms with E-state index in [-0.39, 0.29) is 5.41 Å². The number of methoxy groups -OCH3 is 1. The fraction of sp³-hybridized carbons (Fsp3) is 0.929. The summed E-state index contributed by atoms with van der Waals surface area (Å²) in [6.07, 6.45) is 4.71. The highest BCUT2D eigenvalue weighted by atomic mass is 16.5. The average Bonchev–Trinajstić information content (AvgIpc) is 2.28. The van der Waals surface area contributed by atoms with Crippen molar-refractivity contribution in [3.05, 3.63) is 0 Å². The summed E-state index contributed by atoms with van der Waals surface area (Å²) in [4.78, 5) is 14.1. The fourth-order valence-electron chi connectivity index (χ4n) is 2.42. The van der Waals surface area contributed by atoms with Crippen LogP contribution in [0.5, 0.6) is 0 Å². The zero-order valence-corrected chi connectivity index (χ0v) is 11.8. The maximum atomic E-state index is 12.1. The van der Waals surface area contributed by atoms with Crippen LogP contribution in [0.2, 0.25) is 0 Å². The molecule has 0 aromatic rings. The topological polar surface area (TPSA) is 29.5 Å². The van der Waals surface area contributed by atoms with Crippen LogP contribution in [-0.4, -0.2) is 37.6 Å². The van der Waals surface area contributed by atoms with Crippen LogP contribution in [0.25, 0.3) is 0 Å². The van der Waals surface area contributed by atoms with Gasteiger partial charge in [0, 0.05) is 32.2 Å². The third-order valence-corrected chi connectivity index (χ3v) is 3.50. The van der Waals surface area contributed by atoms with Gasteiger partial charge in [-0.3, -0.25) is 4.79 Å². The van der Waals surface area contributed by atoms with Crippen LogP contribution in [0, 0.1) is 11.3 Å². The van der Waals surface area contributed by atoms with Gasteiger partial charge in [0.15, 0.2) is 0 Å². The van der Waals surface area contributed by atoms with Gasteiger partial charge >= 0.3 is 0 Å². The van der Waals surface area contributed by atoms with Gasteiger partial charge in [0.2, 0.25) is 5.91 Å². The Bertz CT molecular complexity index is 237. The molecule has 0 aromatic carbocycles. The first-order chi connectivity index (χ1) is 7.95. The van der Waals surface area contributed by atoms with Gasteiger partial charge in [-0.1, -0.05) is 20.8 Å². The first-order valence-corrected chi connectivity index (χ1v) is 6.73. The second-order valence-corrected chi connectivity index (χ2v) is 6.12. The lowest BCUT2D eigenvalue weighted by atomic mass is 9.89. The Morgan fingerprint density at radius 3 is 2.35 bits per heavy atom. The second kappa shape index (κ2) is 6.39. The average molecular weight is 241 g/mol. The standard InChI is InChI=1S/C14H27NO2/c1-14(2,3)13(16)15-9-7-12(8-10-15)6-5-11-17-4/h12H,5-11H2,1-4H3. The van der Waals surface area contributed by atoms with Crippen LogP contribution in [-0.2, 0) is 9.53 Å². The van der Waals surface area contributed by atoms with Crippen molar-refractivity contribution in [3.63, 3.8) is 0 Å². The number of hydrogen-bond donors (Lipinski definition) is 0. The Morgan fingerprint density at radius 1 is 1.29 bits per heavy atom. The van der Waals surface area contributed by atoms with Crippen molar-refractivity contribution in [2.45, 2.75) is 46.5 Å². The molecule has 0 spiro atoms. The lowest BCUT2D eigenvalue weighted by Gasteiger charge is -2.35. The molecule has 1 aliphatic rings. The first-order valence-electron chi connectivity index (χ1n) is 6.73. The van der Waals surface area contributed by atoms with E-state index in [1.807, 2.05) is 25.7 Å². The van der Waals surface area contributed by atoms with Gasteiger partial charge in [-0.25, -0.2) is 0 Å². The van der Waals surface area contributed by atoms with Crippen molar-refractivity contribution in [1.82, 2.24) is 4.90 Å². The third kappa shape index (κ3) is 4.66. The van der Waals surface area contributed by atoms with E-state index in [4.69, 9.17) is 4.74 Å². The summed E-state index contributed by atoms with van der Waals surface area (Å²) < 4.78 is 5.07. The predicted octanol–water partition coefficient (Wildman–Crippen LogP) is 2.70. The van der Waals surface area contributed by atoms with E-state index in [1.54, 1.807) is 7.11 Å². The van der Waals surface area contributed by atoms with Crippen molar-refractivity contribution in [2.75, 3.05) is 26.8 Å². The van der Waals surface area contributed by atoms with E-state index < -0.39 is 0 Å². The molecule has 1 amide bonds. The van der Waals surface area contributed by atoms with Gasteiger partial charge in [0.1, 0.15) is 0 Å². The molecule has 0 saturated carbocycles. The highest BCUT2D eigenvalue weighted by Crippen LogP contribution is 2.25. The van der Waals surface area contributed by atoms with Crippen LogP contribution >= 0.6 is 0 Å². The maximum Gasteiger partial charge on any atom is 0.227 e. The van der Waals surface area contributed by atoms with Crippen LogP contribution in [0.3, 0.4) is 0 Å². The van der Waals surface area contributed by atoms with Crippen molar-refractivity contribution in [1.29, 1.82) is 0 Å². The molecule has 1 rings (SSSR count). The molecule has 3 nitrogen and oxygen atoms in total. The van der Waals surface area contributed by atoms with E-state index in [1.165, 1.54) is 6.42 Å².